The lowest BCUT2D eigenvalue weighted by molar-refractivity contribution is -0.129. The third kappa shape index (κ3) is 4.19. The first kappa shape index (κ1) is 17.9. The van der Waals surface area contributed by atoms with Crippen molar-refractivity contribution >= 4 is 33.0 Å². The summed E-state index contributed by atoms with van der Waals surface area (Å²) in [4.78, 5) is 14.7. The van der Waals surface area contributed by atoms with Crippen LogP contribution < -0.4 is 4.72 Å². The Labute approximate surface area is 150 Å². The van der Waals surface area contributed by atoms with Crippen molar-refractivity contribution in [2.24, 2.45) is 0 Å². The van der Waals surface area contributed by atoms with Gasteiger partial charge in [0, 0.05) is 18.0 Å². The largest absolute Gasteiger partial charge is 0.342 e. The number of amides is 1. The molecule has 5 nitrogen and oxygen atoms in total. The number of thiophene rings is 1. The molecule has 2 aromatic rings. The summed E-state index contributed by atoms with van der Waals surface area (Å²) in [5, 5.41) is 0. The molecule has 0 bridgehead atoms. The fourth-order valence-electron chi connectivity index (χ4n) is 2.69. The second-order valence-corrected chi connectivity index (χ2v) is 9.13. The van der Waals surface area contributed by atoms with Crippen LogP contribution in [0.15, 0.2) is 34.5 Å². The van der Waals surface area contributed by atoms with Gasteiger partial charge < -0.3 is 4.90 Å². The molecule has 1 N–H and O–H groups in total. The Balaban J connectivity index is 1.71. The van der Waals surface area contributed by atoms with E-state index in [4.69, 9.17) is 0 Å². The Morgan fingerprint density at radius 2 is 1.96 bits per heavy atom. The number of halogens is 1. The summed E-state index contributed by atoms with van der Waals surface area (Å²) < 4.78 is 40.9. The number of nitrogens with one attached hydrogen (secondary N) is 1. The number of hydrogen-bond donors (Lipinski definition) is 1. The quantitative estimate of drug-likeness (QED) is 0.864. The summed E-state index contributed by atoms with van der Waals surface area (Å²) >= 11 is 1.06. The van der Waals surface area contributed by atoms with Gasteiger partial charge in [0.25, 0.3) is 10.0 Å². The van der Waals surface area contributed by atoms with E-state index in [0.717, 1.165) is 43.3 Å². The maximum absolute atomic E-state index is 13.6. The number of nitrogens with zero attached hydrogens (tertiary/aromatic N) is 1. The van der Waals surface area contributed by atoms with Gasteiger partial charge in [0.15, 0.2) is 0 Å². The van der Waals surface area contributed by atoms with Crippen LogP contribution in [0.3, 0.4) is 0 Å². The van der Waals surface area contributed by atoms with E-state index < -0.39 is 15.8 Å². The van der Waals surface area contributed by atoms with Gasteiger partial charge in [-0.1, -0.05) is 6.07 Å². The smallest absolute Gasteiger partial charge is 0.271 e. The molecule has 1 aliphatic rings. The lowest BCUT2D eigenvalue weighted by Crippen LogP contribution is -2.28. The zero-order valence-electron chi connectivity index (χ0n) is 13.8. The van der Waals surface area contributed by atoms with Crippen LogP contribution in [0.2, 0.25) is 0 Å². The molecule has 1 aliphatic heterocycles. The van der Waals surface area contributed by atoms with Gasteiger partial charge in [0.05, 0.1) is 12.1 Å². The van der Waals surface area contributed by atoms with E-state index in [2.05, 4.69) is 4.72 Å². The fraction of sp³-hybridized carbons (Fsp3) is 0.353. The summed E-state index contributed by atoms with van der Waals surface area (Å²) in [5.41, 5.74) is 0.618. The van der Waals surface area contributed by atoms with Crippen molar-refractivity contribution < 1.29 is 17.6 Å². The molecule has 1 amide bonds. The molecule has 1 saturated heterocycles. The summed E-state index contributed by atoms with van der Waals surface area (Å²) in [5.74, 6) is -0.444. The average Bonchev–Trinajstić information content (AvgIpc) is 3.22. The molecular weight excluding hydrogens is 363 g/mol. The molecule has 0 radical (unpaired) electrons. The molecule has 0 spiro atoms. The van der Waals surface area contributed by atoms with Crippen LogP contribution in [0.5, 0.6) is 0 Å². The van der Waals surface area contributed by atoms with E-state index in [0.29, 0.717) is 10.4 Å². The highest BCUT2D eigenvalue weighted by atomic mass is 32.2. The maximum atomic E-state index is 13.6. The molecule has 2 heterocycles. The minimum atomic E-state index is -3.80. The van der Waals surface area contributed by atoms with Gasteiger partial charge in [0.2, 0.25) is 5.91 Å². The molecule has 0 aliphatic carbocycles. The molecule has 1 aromatic heterocycles. The molecule has 1 aromatic carbocycles. The van der Waals surface area contributed by atoms with Crippen molar-refractivity contribution in [2.45, 2.75) is 30.4 Å². The van der Waals surface area contributed by atoms with Crippen LogP contribution >= 0.6 is 11.3 Å². The van der Waals surface area contributed by atoms with Gasteiger partial charge >= 0.3 is 0 Å². The van der Waals surface area contributed by atoms with Gasteiger partial charge in [-0.05, 0) is 49.6 Å². The molecule has 8 heteroatoms. The number of carbonyl (C=O) groups is 1. The molecule has 0 atom stereocenters. The number of carbonyl (C=O) groups excluding carboxylic acids is 1. The first-order valence-electron chi connectivity index (χ1n) is 8.00. The number of anilines is 1. The summed E-state index contributed by atoms with van der Waals surface area (Å²) in [6.45, 7) is 3.16. The van der Waals surface area contributed by atoms with Crippen LogP contribution in [0.4, 0.5) is 10.1 Å². The fourth-order valence-corrected chi connectivity index (χ4v) is 5.08. The van der Waals surface area contributed by atoms with Crippen LogP contribution in [-0.4, -0.2) is 32.3 Å². The van der Waals surface area contributed by atoms with Gasteiger partial charge in [-0.25, -0.2) is 12.8 Å². The van der Waals surface area contributed by atoms with Crippen LogP contribution in [0, 0.1) is 12.7 Å². The van der Waals surface area contributed by atoms with Crippen molar-refractivity contribution in [3.05, 3.63) is 46.6 Å². The van der Waals surface area contributed by atoms with E-state index in [9.17, 15) is 17.6 Å². The van der Waals surface area contributed by atoms with Crippen molar-refractivity contribution in [3.63, 3.8) is 0 Å². The van der Waals surface area contributed by atoms with Gasteiger partial charge in [0.1, 0.15) is 10.0 Å². The number of sulfonamides is 1. The second kappa shape index (κ2) is 7.13. The molecule has 3 rings (SSSR count). The highest BCUT2D eigenvalue weighted by Gasteiger charge is 2.21. The highest BCUT2D eigenvalue weighted by Crippen LogP contribution is 2.26. The third-order valence-corrected chi connectivity index (χ3v) is 7.07. The van der Waals surface area contributed by atoms with Crippen molar-refractivity contribution in [1.29, 1.82) is 0 Å². The third-order valence-electron chi connectivity index (χ3n) is 4.11. The SMILES string of the molecule is Cc1ccc(NS(=O)(=O)c2ccc(CC(=O)N3CCCC3)s2)cc1F. The lowest BCUT2D eigenvalue weighted by Gasteiger charge is -2.14. The number of hydrogen-bond acceptors (Lipinski definition) is 4. The molecule has 25 heavy (non-hydrogen) atoms. The zero-order chi connectivity index (χ0) is 18.0. The Hall–Kier alpha value is -1.93. The minimum absolute atomic E-state index is 0.0249. The number of aryl methyl sites for hydroxylation is 1. The normalized spacial score (nSPS) is 14.7. The number of likely N-dealkylation sites (tertiary alicyclic amines) is 1. The van der Waals surface area contributed by atoms with Crippen LogP contribution in [-0.2, 0) is 21.2 Å². The monoisotopic (exact) mass is 382 g/mol. The molecule has 0 saturated carbocycles. The topological polar surface area (TPSA) is 66.5 Å². The van der Waals surface area contributed by atoms with Gasteiger partial charge in [-0.2, -0.15) is 0 Å². The van der Waals surface area contributed by atoms with Crippen LogP contribution in [0.1, 0.15) is 23.3 Å². The number of rotatable bonds is 5. The molecule has 134 valence electrons. The second-order valence-electron chi connectivity index (χ2n) is 6.05. The van der Waals surface area contributed by atoms with Crippen molar-refractivity contribution in [2.75, 3.05) is 17.8 Å². The van der Waals surface area contributed by atoms with Gasteiger partial charge in [-0.15, -0.1) is 11.3 Å². The predicted octanol–water partition coefficient (Wildman–Crippen LogP) is 3.16. The van der Waals surface area contributed by atoms with E-state index in [1.54, 1.807) is 17.9 Å². The van der Waals surface area contributed by atoms with Crippen molar-refractivity contribution in [1.82, 2.24) is 4.90 Å². The maximum Gasteiger partial charge on any atom is 0.271 e. The van der Waals surface area contributed by atoms with Crippen molar-refractivity contribution in [3.8, 4) is 0 Å². The van der Waals surface area contributed by atoms with Gasteiger partial charge in [-0.3, -0.25) is 9.52 Å². The summed E-state index contributed by atoms with van der Waals surface area (Å²) in [7, 11) is -3.80. The van der Waals surface area contributed by atoms with E-state index in [1.807, 2.05) is 0 Å². The molecule has 0 unspecified atom stereocenters. The number of benzene rings is 1. The predicted molar refractivity (Wildman–Crippen MR) is 95.8 cm³/mol. The van der Waals surface area contributed by atoms with E-state index in [-0.39, 0.29) is 22.2 Å². The summed E-state index contributed by atoms with van der Waals surface area (Å²) in [6, 6.07) is 7.31. The first-order chi connectivity index (χ1) is 11.8. The molecular formula is C17H19FN2O3S2. The Kier molecular flexibility index (Phi) is 5.10. The first-order valence-corrected chi connectivity index (χ1v) is 10.3. The Morgan fingerprint density at radius 3 is 2.64 bits per heavy atom. The Morgan fingerprint density at radius 1 is 1.24 bits per heavy atom. The van der Waals surface area contributed by atoms with E-state index in [1.165, 1.54) is 18.2 Å². The Bertz CT molecular complexity index is 887. The standard InChI is InChI=1S/C17H19FN2O3S2/c1-12-4-5-13(10-15(12)18)19-25(22,23)17-7-6-14(24-17)11-16(21)20-8-2-3-9-20/h4-7,10,19H,2-3,8-9,11H2,1H3. The average molecular weight is 382 g/mol. The summed E-state index contributed by atoms with van der Waals surface area (Å²) in [6.07, 6.45) is 2.25. The lowest BCUT2D eigenvalue weighted by atomic mass is 10.2. The highest BCUT2D eigenvalue weighted by molar-refractivity contribution is 7.94. The van der Waals surface area contributed by atoms with Crippen LogP contribution in [0.25, 0.3) is 0 Å². The zero-order valence-corrected chi connectivity index (χ0v) is 15.4. The molecule has 1 fully saturated rings. The van der Waals surface area contributed by atoms with E-state index >= 15 is 0 Å². The minimum Gasteiger partial charge on any atom is -0.342 e.